The van der Waals surface area contributed by atoms with Crippen molar-refractivity contribution in [2.75, 3.05) is 5.32 Å². The summed E-state index contributed by atoms with van der Waals surface area (Å²) in [6, 6.07) is 8.58. The Morgan fingerprint density at radius 3 is 2.84 bits per heavy atom. The van der Waals surface area contributed by atoms with Gasteiger partial charge in [-0.15, -0.1) is 0 Å². The fourth-order valence-electron chi connectivity index (χ4n) is 3.35. The summed E-state index contributed by atoms with van der Waals surface area (Å²) in [5.41, 5.74) is 2.30. The molecule has 3 amide bonds. The maximum atomic E-state index is 12.7. The van der Waals surface area contributed by atoms with Gasteiger partial charge in [-0.1, -0.05) is 6.07 Å². The van der Waals surface area contributed by atoms with Crippen LogP contribution in [0.2, 0.25) is 0 Å². The highest BCUT2D eigenvalue weighted by molar-refractivity contribution is 6.06. The lowest BCUT2D eigenvalue weighted by molar-refractivity contribution is -0.136. The van der Waals surface area contributed by atoms with Gasteiger partial charge in [-0.2, -0.15) is 0 Å². The number of anilines is 1. The number of hydrogen-bond donors (Lipinski definition) is 2. The van der Waals surface area contributed by atoms with Crippen LogP contribution in [0.25, 0.3) is 0 Å². The Kier molecular flexibility index (Phi) is 3.76. The molecular weight excluding hydrogens is 322 g/mol. The first-order valence-corrected chi connectivity index (χ1v) is 8.16. The van der Waals surface area contributed by atoms with E-state index in [1.54, 1.807) is 17.2 Å². The smallest absolute Gasteiger partial charge is 0.255 e. The van der Waals surface area contributed by atoms with E-state index in [9.17, 15) is 14.4 Å². The predicted molar refractivity (Wildman–Crippen MR) is 88.5 cm³/mol. The second-order valence-electron chi connectivity index (χ2n) is 6.16. The number of furan rings is 1. The van der Waals surface area contributed by atoms with Crippen molar-refractivity contribution < 1.29 is 18.8 Å². The SMILES string of the molecule is O=C1CCC(N2Cc3c(NCc4ccco4)cccc3C2=O)C(=O)N1. The van der Waals surface area contributed by atoms with Crippen molar-refractivity contribution in [1.82, 2.24) is 10.2 Å². The number of benzene rings is 1. The fourth-order valence-corrected chi connectivity index (χ4v) is 3.35. The highest BCUT2D eigenvalue weighted by atomic mass is 16.3. The average Bonchev–Trinajstić information content (AvgIpc) is 3.22. The van der Waals surface area contributed by atoms with Gasteiger partial charge in [0.2, 0.25) is 11.8 Å². The minimum atomic E-state index is -0.601. The van der Waals surface area contributed by atoms with E-state index in [-0.39, 0.29) is 18.2 Å². The second-order valence-corrected chi connectivity index (χ2v) is 6.16. The minimum absolute atomic E-state index is 0.175. The van der Waals surface area contributed by atoms with Gasteiger partial charge >= 0.3 is 0 Å². The first-order valence-electron chi connectivity index (χ1n) is 8.16. The summed E-state index contributed by atoms with van der Waals surface area (Å²) < 4.78 is 5.31. The molecule has 2 aliphatic rings. The number of carbonyl (C=O) groups is 3. The van der Waals surface area contributed by atoms with Gasteiger partial charge in [-0.3, -0.25) is 19.7 Å². The van der Waals surface area contributed by atoms with E-state index < -0.39 is 11.9 Å². The van der Waals surface area contributed by atoms with E-state index in [0.717, 1.165) is 17.0 Å². The minimum Gasteiger partial charge on any atom is -0.467 e. The first kappa shape index (κ1) is 15.4. The number of piperidine rings is 1. The van der Waals surface area contributed by atoms with Crippen LogP contribution in [0.1, 0.15) is 34.5 Å². The zero-order chi connectivity index (χ0) is 17.4. The van der Waals surface area contributed by atoms with E-state index in [4.69, 9.17) is 4.42 Å². The standard InChI is InChI=1S/C18H17N3O4/c22-16-7-6-15(17(23)20-16)21-10-13-12(18(21)24)4-1-5-14(13)19-9-11-3-2-8-25-11/h1-5,8,15,19H,6-7,9-10H2,(H,20,22,23). The van der Waals surface area contributed by atoms with Crippen LogP contribution in [0.15, 0.2) is 41.0 Å². The zero-order valence-electron chi connectivity index (χ0n) is 13.5. The third kappa shape index (κ3) is 2.77. The molecule has 7 heteroatoms. The molecule has 128 valence electrons. The van der Waals surface area contributed by atoms with E-state index in [0.29, 0.717) is 25.1 Å². The summed E-state index contributed by atoms with van der Waals surface area (Å²) in [5.74, 6) is -0.0659. The van der Waals surface area contributed by atoms with Crippen molar-refractivity contribution in [2.45, 2.75) is 32.0 Å². The first-order chi connectivity index (χ1) is 12.1. The van der Waals surface area contributed by atoms with Crippen molar-refractivity contribution in [3.63, 3.8) is 0 Å². The Bertz CT molecular complexity index is 844. The van der Waals surface area contributed by atoms with Gasteiger partial charge in [0.1, 0.15) is 11.8 Å². The molecule has 2 aromatic rings. The van der Waals surface area contributed by atoms with E-state index in [1.165, 1.54) is 0 Å². The number of hydrogen-bond acceptors (Lipinski definition) is 5. The van der Waals surface area contributed by atoms with Crippen molar-refractivity contribution in [1.29, 1.82) is 0 Å². The van der Waals surface area contributed by atoms with Crippen LogP contribution in [0.5, 0.6) is 0 Å². The maximum Gasteiger partial charge on any atom is 0.255 e. The Hall–Kier alpha value is -3.09. The molecule has 2 N–H and O–H groups in total. The molecule has 1 aromatic carbocycles. The van der Waals surface area contributed by atoms with Crippen LogP contribution >= 0.6 is 0 Å². The molecule has 25 heavy (non-hydrogen) atoms. The second kappa shape index (κ2) is 6.08. The van der Waals surface area contributed by atoms with Gasteiger partial charge in [0, 0.05) is 29.8 Å². The molecule has 1 fully saturated rings. The maximum absolute atomic E-state index is 12.7. The predicted octanol–water partition coefficient (Wildman–Crippen LogP) is 1.65. The summed E-state index contributed by atoms with van der Waals surface area (Å²) >= 11 is 0. The molecule has 2 aliphatic heterocycles. The molecule has 1 aromatic heterocycles. The molecule has 1 unspecified atom stereocenters. The molecule has 3 heterocycles. The van der Waals surface area contributed by atoms with Crippen LogP contribution in [0.3, 0.4) is 0 Å². The number of carbonyl (C=O) groups excluding carboxylic acids is 3. The van der Waals surface area contributed by atoms with Gasteiger partial charge in [0.15, 0.2) is 0 Å². The normalized spacial score (nSPS) is 19.8. The van der Waals surface area contributed by atoms with Gasteiger partial charge < -0.3 is 14.6 Å². The number of nitrogens with zero attached hydrogens (tertiary/aromatic N) is 1. The Morgan fingerprint density at radius 1 is 1.20 bits per heavy atom. The van der Waals surface area contributed by atoms with Gasteiger partial charge in [0.05, 0.1) is 12.8 Å². The molecule has 0 radical (unpaired) electrons. The van der Waals surface area contributed by atoms with E-state index in [2.05, 4.69) is 10.6 Å². The number of rotatable bonds is 4. The Labute approximate surface area is 144 Å². The van der Waals surface area contributed by atoms with Crippen molar-refractivity contribution >= 4 is 23.4 Å². The van der Waals surface area contributed by atoms with Gasteiger partial charge in [0.25, 0.3) is 5.91 Å². The van der Waals surface area contributed by atoms with Crippen LogP contribution in [0, 0.1) is 0 Å². The summed E-state index contributed by atoms with van der Waals surface area (Å²) in [6.45, 7) is 0.859. The summed E-state index contributed by atoms with van der Waals surface area (Å²) in [5, 5.41) is 5.59. The van der Waals surface area contributed by atoms with E-state index >= 15 is 0 Å². The molecule has 4 rings (SSSR count). The lowest BCUT2D eigenvalue weighted by atomic mass is 10.0. The molecule has 0 spiro atoms. The molecule has 0 saturated carbocycles. The van der Waals surface area contributed by atoms with Gasteiger partial charge in [-0.05, 0) is 30.7 Å². The molecule has 7 nitrogen and oxygen atoms in total. The molecule has 1 saturated heterocycles. The molecule has 0 aliphatic carbocycles. The third-order valence-corrected chi connectivity index (χ3v) is 4.62. The van der Waals surface area contributed by atoms with E-state index in [1.807, 2.05) is 24.3 Å². The molecular formula is C18H17N3O4. The number of imide groups is 1. The van der Waals surface area contributed by atoms with Crippen LogP contribution in [0.4, 0.5) is 5.69 Å². The highest BCUT2D eigenvalue weighted by Gasteiger charge is 2.39. The van der Waals surface area contributed by atoms with Crippen LogP contribution in [-0.4, -0.2) is 28.7 Å². The largest absolute Gasteiger partial charge is 0.467 e. The summed E-state index contributed by atoms with van der Waals surface area (Å²) in [7, 11) is 0. The number of fused-ring (bicyclic) bond motifs is 1. The molecule has 1 atom stereocenters. The summed E-state index contributed by atoms with van der Waals surface area (Å²) in [4.78, 5) is 37.7. The summed E-state index contributed by atoms with van der Waals surface area (Å²) in [6.07, 6.45) is 2.22. The van der Waals surface area contributed by atoms with Crippen LogP contribution in [-0.2, 0) is 22.7 Å². The Balaban J connectivity index is 1.55. The lowest BCUT2D eigenvalue weighted by Gasteiger charge is -2.29. The van der Waals surface area contributed by atoms with Crippen molar-refractivity contribution in [2.24, 2.45) is 0 Å². The van der Waals surface area contributed by atoms with Gasteiger partial charge in [-0.25, -0.2) is 0 Å². The highest BCUT2D eigenvalue weighted by Crippen LogP contribution is 2.32. The Morgan fingerprint density at radius 2 is 2.08 bits per heavy atom. The monoisotopic (exact) mass is 339 g/mol. The third-order valence-electron chi connectivity index (χ3n) is 4.62. The lowest BCUT2D eigenvalue weighted by Crippen LogP contribution is -2.52. The number of nitrogens with one attached hydrogen (secondary N) is 2. The quantitative estimate of drug-likeness (QED) is 0.827. The van der Waals surface area contributed by atoms with Crippen molar-refractivity contribution in [3.8, 4) is 0 Å². The topological polar surface area (TPSA) is 91.7 Å². The fraction of sp³-hybridized carbons (Fsp3) is 0.278. The van der Waals surface area contributed by atoms with Crippen molar-refractivity contribution in [3.05, 3.63) is 53.5 Å². The van der Waals surface area contributed by atoms with Crippen LogP contribution < -0.4 is 10.6 Å². The number of amides is 3. The molecule has 0 bridgehead atoms. The average molecular weight is 339 g/mol. The zero-order valence-corrected chi connectivity index (χ0v) is 13.5.